The second-order valence-corrected chi connectivity index (χ2v) is 5.26. The van der Waals surface area contributed by atoms with E-state index in [0.29, 0.717) is 19.0 Å². The highest BCUT2D eigenvalue weighted by atomic mass is 16.5. The molecule has 0 radical (unpaired) electrons. The molecule has 0 bridgehead atoms. The summed E-state index contributed by atoms with van der Waals surface area (Å²) in [4.78, 5) is 8.43. The second kappa shape index (κ2) is 7.62. The van der Waals surface area contributed by atoms with Gasteiger partial charge < -0.3 is 15.4 Å². The number of guanidine groups is 1. The molecule has 0 aliphatic heterocycles. The number of rotatable bonds is 5. The zero-order chi connectivity index (χ0) is 16.8. The number of aryl methyl sites for hydroxylation is 2. The number of nitrogens with zero attached hydrogens (tertiary/aromatic N) is 4. The maximum Gasteiger partial charge on any atom is 0.212 e. The molecule has 0 aliphatic rings. The summed E-state index contributed by atoms with van der Waals surface area (Å²) in [7, 11) is 5.31. The largest absolute Gasteiger partial charge is 0.481 e. The van der Waals surface area contributed by atoms with Gasteiger partial charge in [0, 0.05) is 50.7 Å². The summed E-state index contributed by atoms with van der Waals surface area (Å²) in [6, 6.07) is 3.82. The van der Waals surface area contributed by atoms with Gasteiger partial charge in [-0.3, -0.25) is 9.67 Å². The minimum atomic E-state index is 0.610. The van der Waals surface area contributed by atoms with Crippen molar-refractivity contribution >= 4 is 5.96 Å². The normalized spacial score (nSPS) is 11.4. The minimum Gasteiger partial charge on any atom is -0.481 e. The van der Waals surface area contributed by atoms with Crippen molar-refractivity contribution in [2.75, 3.05) is 14.2 Å². The molecule has 2 aromatic rings. The van der Waals surface area contributed by atoms with Crippen LogP contribution in [-0.2, 0) is 20.1 Å². The summed E-state index contributed by atoms with van der Waals surface area (Å²) >= 11 is 0. The maximum absolute atomic E-state index is 5.05. The lowest BCUT2D eigenvalue weighted by Gasteiger charge is -2.12. The minimum absolute atomic E-state index is 0.610. The number of hydrogen-bond donors (Lipinski definition) is 2. The Balaban J connectivity index is 1.90. The van der Waals surface area contributed by atoms with Crippen molar-refractivity contribution in [3.63, 3.8) is 0 Å². The molecule has 7 nitrogen and oxygen atoms in total. The maximum atomic E-state index is 5.05. The van der Waals surface area contributed by atoms with Gasteiger partial charge in [-0.05, 0) is 19.4 Å². The number of aliphatic imine (C=N–C) groups is 1. The molecule has 0 unspecified atom stereocenters. The number of ether oxygens (including phenoxy) is 1. The first-order chi connectivity index (χ1) is 11.0. The Hall–Kier alpha value is -2.57. The average Bonchev–Trinajstić information content (AvgIpc) is 2.81. The van der Waals surface area contributed by atoms with E-state index < -0.39 is 0 Å². The molecule has 0 atom stereocenters. The van der Waals surface area contributed by atoms with Gasteiger partial charge >= 0.3 is 0 Å². The Morgan fingerprint density at radius 2 is 2.00 bits per heavy atom. The molecule has 124 valence electrons. The Morgan fingerprint density at radius 1 is 1.26 bits per heavy atom. The van der Waals surface area contributed by atoms with Crippen LogP contribution >= 0.6 is 0 Å². The molecule has 0 saturated carbocycles. The smallest absolute Gasteiger partial charge is 0.212 e. The molecule has 0 fully saturated rings. The van der Waals surface area contributed by atoms with Crippen LogP contribution < -0.4 is 15.4 Å². The molecule has 2 aromatic heterocycles. The van der Waals surface area contributed by atoms with Crippen LogP contribution in [0.5, 0.6) is 5.88 Å². The van der Waals surface area contributed by atoms with E-state index in [-0.39, 0.29) is 0 Å². The van der Waals surface area contributed by atoms with Gasteiger partial charge in [0.1, 0.15) is 0 Å². The number of pyridine rings is 1. The molecule has 7 heteroatoms. The molecular formula is C16H24N6O. The molecule has 2 N–H and O–H groups in total. The topological polar surface area (TPSA) is 76.4 Å². The van der Waals surface area contributed by atoms with Crippen LogP contribution in [0.3, 0.4) is 0 Å². The van der Waals surface area contributed by atoms with Crippen LogP contribution in [0, 0.1) is 13.8 Å². The van der Waals surface area contributed by atoms with Crippen LogP contribution in [0.1, 0.15) is 22.5 Å². The second-order valence-electron chi connectivity index (χ2n) is 5.26. The van der Waals surface area contributed by atoms with Gasteiger partial charge in [0.2, 0.25) is 5.88 Å². The molecule has 0 aromatic carbocycles. The lowest BCUT2D eigenvalue weighted by atomic mass is 10.2. The third-order valence-corrected chi connectivity index (χ3v) is 3.78. The van der Waals surface area contributed by atoms with Gasteiger partial charge in [0.15, 0.2) is 5.96 Å². The highest BCUT2D eigenvalue weighted by Gasteiger charge is 2.09. The molecule has 2 heterocycles. The lowest BCUT2D eigenvalue weighted by Crippen LogP contribution is -2.36. The van der Waals surface area contributed by atoms with Crippen molar-refractivity contribution in [1.82, 2.24) is 25.4 Å². The van der Waals surface area contributed by atoms with Gasteiger partial charge in [-0.2, -0.15) is 5.10 Å². The Morgan fingerprint density at radius 3 is 2.52 bits per heavy atom. The predicted molar refractivity (Wildman–Crippen MR) is 90.5 cm³/mol. The van der Waals surface area contributed by atoms with Crippen molar-refractivity contribution in [3.05, 3.63) is 40.8 Å². The van der Waals surface area contributed by atoms with Crippen molar-refractivity contribution in [2.24, 2.45) is 12.0 Å². The van der Waals surface area contributed by atoms with Gasteiger partial charge in [0.25, 0.3) is 0 Å². The van der Waals surface area contributed by atoms with E-state index in [0.717, 1.165) is 22.9 Å². The van der Waals surface area contributed by atoms with Crippen molar-refractivity contribution in [3.8, 4) is 5.88 Å². The van der Waals surface area contributed by atoms with E-state index in [9.17, 15) is 0 Å². The molecule has 2 rings (SSSR count). The van der Waals surface area contributed by atoms with Crippen LogP contribution in [0.15, 0.2) is 23.3 Å². The monoisotopic (exact) mass is 316 g/mol. The Bertz CT molecular complexity index is 675. The van der Waals surface area contributed by atoms with E-state index in [1.165, 1.54) is 5.56 Å². The molecular weight excluding hydrogens is 292 g/mol. The summed E-state index contributed by atoms with van der Waals surface area (Å²) in [6.45, 7) is 5.41. The fourth-order valence-electron chi connectivity index (χ4n) is 2.29. The fraction of sp³-hybridized carbons (Fsp3) is 0.438. The third kappa shape index (κ3) is 4.21. The predicted octanol–water partition coefficient (Wildman–Crippen LogP) is 1.31. The summed E-state index contributed by atoms with van der Waals surface area (Å²) in [6.07, 6.45) is 1.79. The standard InChI is InChI=1S/C16H24N6O/c1-11-14(12(2)22(4)21-11)10-20-16(17-3)19-9-13-6-7-15(23-5)18-8-13/h6-8H,9-10H2,1-5H3,(H2,17,19,20). The Labute approximate surface area is 136 Å². The van der Waals surface area contributed by atoms with E-state index in [1.54, 1.807) is 20.4 Å². The van der Waals surface area contributed by atoms with Crippen molar-refractivity contribution in [2.45, 2.75) is 26.9 Å². The highest BCUT2D eigenvalue weighted by Crippen LogP contribution is 2.11. The Kier molecular flexibility index (Phi) is 5.56. The quantitative estimate of drug-likeness (QED) is 0.642. The van der Waals surface area contributed by atoms with E-state index in [4.69, 9.17) is 4.74 Å². The SMILES string of the molecule is CN=C(NCc1ccc(OC)nc1)NCc1c(C)nn(C)c1C. The van der Waals surface area contributed by atoms with E-state index in [2.05, 4.69) is 32.6 Å². The van der Waals surface area contributed by atoms with Gasteiger partial charge in [-0.25, -0.2) is 4.98 Å². The first kappa shape index (κ1) is 16.8. The first-order valence-corrected chi connectivity index (χ1v) is 7.47. The zero-order valence-corrected chi connectivity index (χ0v) is 14.3. The number of hydrogen-bond acceptors (Lipinski definition) is 4. The molecule has 23 heavy (non-hydrogen) atoms. The van der Waals surface area contributed by atoms with Crippen molar-refractivity contribution < 1.29 is 4.74 Å². The van der Waals surface area contributed by atoms with E-state index in [1.807, 2.05) is 30.8 Å². The van der Waals surface area contributed by atoms with Gasteiger partial charge in [-0.15, -0.1) is 0 Å². The third-order valence-electron chi connectivity index (χ3n) is 3.78. The van der Waals surface area contributed by atoms with Gasteiger partial charge in [0.05, 0.1) is 12.8 Å². The molecule has 0 amide bonds. The highest BCUT2D eigenvalue weighted by molar-refractivity contribution is 5.79. The number of nitrogens with one attached hydrogen (secondary N) is 2. The summed E-state index contributed by atoms with van der Waals surface area (Å²) in [5.41, 5.74) is 4.45. The summed E-state index contributed by atoms with van der Waals surface area (Å²) in [5.74, 6) is 1.35. The van der Waals surface area contributed by atoms with E-state index >= 15 is 0 Å². The van der Waals surface area contributed by atoms with Crippen LogP contribution in [0.4, 0.5) is 0 Å². The number of aromatic nitrogens is 3. The fourth-order valence-corrected chi connectivity index (χ4v) is 2.29. The average molecular weight is 316 g/mol. The lowest BCUT2D eigenvalue weighted by molar-refractivity contribution is 0.397. The van der Waals surface area contributed by atoms with Crippen molar-refractivity contribution in [1.29, 1.82) is 0 Å². The summed E-state index contributed by atoms with van der Waals surface area (Å²) < 4.78 is 6.95. The molecule has 0 spiro atoms. The summed E-state index contributed by atoms with van der Waals surface area (Å²) in [5, 5.41) is 11.0. The van der Waals surface area contributed by atoms with Crippen LogP contribution in [0.25, 0.3) is 0 Å². The van der Waals surface area contributed by atoms with Crippen LogP contribution in [0.2, 0.25) is 0 Å². The molecule has 0 aliphatic carbocycles. The zero-order valence-electron chi connectivity index (χ0n) is 14.3. The number of methoxy groups -OCH3 is 1. The van der Waals surface area contributed by atoms with Crippen LogP contribution in [-0.4, -0.2) is 34.9 Å². The first-order valence-electron chi connectivity index (χ1n) is 7.47. The molecule has 0 saturated heterocycles. The van der Waals surface area contributed by atoms with Gasteiger partial charge in [-0.1, -0.05) is 6.07 Å².